The predicted octanol–water partition coefficient (Wildman–Crippen LogP) is -0.132. The van der Waals surface area contributed by atoms with Crippen molar-refractivity contribution in [3.05, 3.63) is 18.0 Å². The molecule has 8 nitrogen and oxygen atoms in total. The quantitative estimate of drug-likeness (QED) is 0.786. The monoisotopic (exact) mass is 317 g/mol. The summed E-state index contributed by atoms with van der Waals surface area (Å²) in [7, 11) is 0.124. The summed E-state index contributed by atoms with van der Waals surface area (Å²) in [5.74, 6) is -1.70. The highest BCUT2D eigenvalue weighted by molar-refractivity contribution is 7.89. The molecule has 0 aliphatic rings. The van der Waals surface area contributed by atoms with Crippen molar-refractivity contribution in [1.82, 2.24) is 14.2 Å². The Morgan fingerprint density at radius 3 is 2.33 bits per heavy atom. The van der Waals surface area contributed by atoms with Crippen molar-refractivity contribution in [3.63, 3.8) is 0 Å². The third-order valence-electron chi connectivity index (χ3n) is 3.41. The van der Waals surface area contributed by atoms with Crippen LogP contribution in [0.3, 0.4) is 0 Å². The first kappa shape index (κ1) is 17.2. The smallest absolute Gasteiger partial charge is 0.324 e. The summed E-state index contributed by atoms with van der Waals surface area (Å²) in [4.78, 5) is 22.7. The molecule has 21 heavy (non-hydrogen) atoms. The van der Waals surface area contributed by atoms with Crippen molar-refractivity contribution in [3.8, 4) is 0 Å². The van der Waals surface area contributed by atoms with Crippen molar-refractivity contribution in [2.75, 3.05) is 14.1 Å². The SMILES string of the molecule is CNC(=O)c1cc(S(=O)(=O)N(C)C(C)(C)C(=O)O)cn1C. The molecule has 0 atom stereocenters. The van der Waals surface area contributed by atoms with Crippen LogP contribution in [0.2, 0.25) is 0 Å². The van der Waals surface area contributed by atoms with Crippen molar-refractivity contribution in [2.24, 2.45) is 7.05 Å². The Hall–Kier alpha value is -1.87. The van der Waals surface area contributed by atoms with Crippen LogP contribution in [0.1, 0.15) is 24.3 Å². The summed E-state index contributed by atoms with van der Waals surface area (Å²) in [5.41, 5.74) is -1.44. The fourth-order valence-corrected chi connectivity index (χ4v) is 3.17. The largest absolute Gasteiger partial charge is 0.480 e. The summed E-state index contributed by atoms with van der Waals surface area (Å²) in [5, 5.41) is 11.5. The number of carbonyl (C=O) groups excluding carboxylic acids is 1. The molecule has 118 valence electrons. The zero-order chi connectivity index (χ0) is 16.6. The Morgan fingerprint density at radius 2 is 1.90 bits per heavy atom. The van der Waals surface area contributed by atoms with E-state index in [1.165, 1.54) is 51.8 Å². The van der Waals surface area contributed by atoms with E-state index in [0.717, 1.165) is 4.31 Å². The first-order chi connectivity index (χ1) is 9.46. The van der Waals surface area contributed by atoms with Gasteiger partial charge in [0.05, 0.1) is 0 Å². The standard InChI is InChI=1S/C12H19N3O5S/c1-12(2,11(17)18)15(5)21(19,20)8-6-9(10(16)13-3)14(4)7-8/h6-7H,1-5H3,(H,13,16)(H,17,18). The van der Waals surface area contributed by atoms with Crippen LogP contribution >= 0.6 is 0 Å². The number of carboxylic acid groups (broad SMARTS) is 1. The lowest BCUT2D eigenvalue weighted by atomic mass is 10.1. The summed E-state index contributed by atoms with van der Waals surface area (Å²) < 4.78 is 27.1. The number of aryl methyl sites for hydroxylation is 1. The minimum absolute atomic E-state index is 0.138. The molecule has 1 aromatic rings. The van der Waals surface area contributed by atoms with Gasteiger partial charge in [-0.05, 0) is 19.9 Å². The van der Waals surface area contributed by atoms with E-state index in [1.807, 2.05) is 0 Å². The lowest BCUT2D eigenvalue weighted by Gasteiger charge is -2.30. The Kier molecular flexibility index (Phi) is 4.49. The molecule has 1 amide bonds. The summed E-state index contributed by atoms with van der Waals surface area (Å²) in [6.07, 6.45) is 1.27. The van der Waals surface area contributed by atoms with E-state index >= 15 is 0 Å². The van der Waals surface area contributed by atoms with Gasteiger partial charge in [-0.3, -0.25) is 9.59 Å². The number of rotatable bonds is 5. The van der Waals surface area contributed by atoms with Gasteiger partial charge in [-0.2, -0.15) is 4.31 Å². The Balaban J connectivity index is 3.33. The van der Waals surface area contributed by atoms with Crippen LogP contribution < -0.4 is 5.32 Å². The van der Waals surface area contributed by atoms with Crippen LogP contribution in [0.15, 0.2) is 17.2 Å². The second-order valence-electron chi connectivity index (χ2n) is 5.09. The highest BCUT2D eigenvalue weighted by Gasteiger charge is 2.40. The number of carboxylic acids is 1. The Morgan fingerprint density at radius 1 is 1.38 bits per heavy atom. The minimum Gasteiger partial charge on any atom is -0.480 e. The molecule has 0 spiro atoms. The number of sulfonamides is 1. The maximum absolute atomic E-state index is 12.5. The highest BCUT2D eigenvalue weighted by atomic mass is 32.2. The van der Waals surface area contributed by atoms with Crippen LogP contribution in [0.4, 0.5) is 0 Å². The topological polar surface area (TPSA) is 109 Å². The highest BCUT2D eigenvalue weighted by Crippen LogP contribution is 2.24. The van der Waals surface area contributed by atoms with Gasteiger partial charge in [-0.25, -0.2) is 8.42 Å². The van der Waals surface area contributed by atoms with Crippen LogP contribution in [0.25, 0.3) is 0 Å². The molecule has 0 saturated carbocycles. The van der Waals surface area contributed by atoms with Gasteiger partial charge >= 0.3 is 5.97 Å². The molecular formula is C12H19N3O5S. The van der Waals surface area contributed by atoms with E-state index in [4.69, 9.17) is 5.11 Å². The molecule has 0 unspecified atom stereocenters. The number of carbonyl (C=O) groups is 2. The van der Waals surface area contributed by atoms with Gasteiger partial charge in [0.15, 0.2) is 0 Å². The number of hydrogen-bond donors (Lipinski definition) is 2. The normalized spacial score (nSPS) is 12.5. The maximum Gasteiger partial charge on any atom is 0.324 e. The number of hydrogen-bond acceptors (Lipinski definition) is 4. The molecule has 0 aliphatic carbocycles. The molecule has 1 rings (SSSR count). The van der Waals surface area contributed by atoms with Gasteiger partial charge < -0.3 is 15.0 Å². The number of nitrogens with zero attached hydrogens (tertiary/aromatic N) is 2. The van der Waals surface area contributed by atoms with E-state index in [9.17, 15) is 18.0 Å². The zero-order valence-corrected chi connectivity index (χ0v) is 13.4. The van der Waals surface area contributed by atoms with Crippen LogP contribution in [0.5, 0.6) is 0 Å². The average Bonchev–Trinajstić information content (AvgIpc) is 2.79. The van der Waals surface area contributed by atoms with Crippen LogP contribution in [-0.2, 0) is 21.9 Å². The van der Waals surface area contributed by atoms with Gasteiger partial charge in [0, 0.05) is 27.3 Å². The molecule has 1 heterocycles. The lowest BCUT2D eigenvalue weighted by molar-refractivity contribution is -0.145. The average molecular weight is 317 g/mol. The molecular weight excluding hydrogens is 298 g/mol. The van der Waals surface area contributed by atoms with E-state index in [-0.39, 0.29) is 10.6 Å². The van der Waals surface area contributed by atoms with Gasteiger partial charge in [0.25, 0.3) is 5.91 Å². The molecule has 9 heteroatoms. The van der Waals surface area contributed by atoms with E-state index in [2.05, 4.69) is 5.32 Å². The molecule has 0 fully saturated rings. The Bertz CT molecular complexity index is 675. The first-order valence-electron chi connectivity index (χ1n) is 6.07. The first-order valence-corrected chi connectivity index (χ1v) is 7.51. The predicted molar refractivity (Wildman–Crippen MR) is 75.5 cm³/mol. The number of amides is 1. The molecule has 0 aromatic carbocycles. The lowest BCUT2D eigenvalue weighted by Crippen LogP contribution is -2.50. The minimum atomic E-state index is -4.03. The zero-order valence-electron chi connectivity index (χ0n) is 12.5. The van der Waals surface area contributed by atoms with Crippen molar-refractivity contribution < 1.29 is 23.1 Å². The summed E-state index contributed by atoms with van der Waals surface area (Å²) >= 11 is 0. The molecule has 1 aromatic heterocycles. The summed E-state index contributed by atoms with van der Waals surface area (Å²) in [6, 6.07) is 1.21. The van der Waals surface area contributed by atoms with E-state index < -0.39 is 27.4 Å². The van der Waals surface area contributed by atoms with Crippen LogP contribution in [0, 0.1) is 0 Å². The second-order valence-corrected chi connectivity index (χ2v) is 7.06. The number of aromatic nitrogens is 1. The number of nitrogens with one attached hydrogen (secondary N) is 1. The van der Waals surface area contributed by atoms with E-state index in [1.54, 1.807) is 0 Å². The molecule has 0 radical (unpaired) electrons. The van der Waals surface area contributed by atoms with Gasteiger partial charge in [-0.1, -0.05) is 0 Å². The molecule has 0 saturated heterocycles. The molecule has 0 aliphatic heterocycles. The molecule has 0 bridgehead atoms. The number of likely N-dealkylation sites (N-methyl/N-ethyl adjacent to an activating group) is 1. The fourth-order valence-electron chi connectivity index (χ4n) is 1.62. The summed E-state index contributed by atoms with van der Waals surface area (Å²) in [6.45, 7) is 2.57. The van der Waals surface area contributed by atoms with E-state index in [0.29, 0.717) is 0 Å². The van der Waals surface area contributed by atoms with Gasteiger partial charge in [0.1, 0.15) is 16.1 Å². The third kappa shape index (κ3) is 2.93. The second kappa shape index (κ2) is 5.49. The van der Waals surface area contributed by atoms with Gasteiger partial charge in [0.2, 0.25) is 10.0 Å². The number of aliphatic carboxylic acids is 1. The van der Waals surface area contributed by atoms with Crippen molar-refractivity contribution >= 4 is 21.9 Å². The van der Waals surface area contributed by atoms with Crippen LogP contribution in [-0.4, -0.2) is 53.9 Å². The van der Waals surface area contributed by atoms with Gasteiger partial charge in [-0.15, -0.1) is 0 Å². The molecule has 2 N–H and O–H groups in total. The fraction of sp³-hybridized carbons (Fsp3) is 0.500. The van der Waals surface area contributed by atoms with Crippen molar-refractivity contribution in [2.45, 2.75) is 24.3 Å². The maximum atomic E-state index is 12.5. The third-order valence-corrected chi connectivity index (χ3v) is 5.41. The Labute approximate surface area is 123 Å². The van der Waals surface area contributed by atoms with Crippen molar-refractivity contribution in [1.29, 1.82) is 0 Å².